The van der Waals surface area contributed by atoms with Crippen molar-refractivity contribution in [1.82, 2.24) is 9.88 Å². The lowest BCUT2D eigenvalue weighted by Crippen LogP contribution is -2.49. The average molecular weight is 715 g/mol. The number of pyridine rings is 1. The number of rotatable bonds is 7. The molecule has 15 heteroatoms. The number of piperazine rings is 1. The predicted molar refractivity (Wildman–Crippen MR) is 191 cm³/mol. The third kappa shape index (κ3) is 7.03. The van der Waals surface area contributed by atoms with Crippen molar-refractivity contribution in [3.63, 3.8) is 0 Å². The monoisotopic (exact) mass is 714 g/mol. The first-order chi connectivity index (χ1) is 24.7. The van der Waals surface area contributed by atoms with Crippen LogP contribution in [0, 0.1) is 11.3 Å². The van der Waals surface area contributed by atoms with Gasteiger partial charge in [0.25, 0.3) is 0 Å². The SMILES string of the molecule is CC1(C(=O)O/N=C(\N)c2cc(N3CCN(C(=O)OCc4ccccc4)CC3)cc(N3CCC4(CC3)OCCO4)n2)CCCc2sc(N)c(C#N)c21. The van der Waals surface area contributed by atoms with Crippen molar-refractivity contribution in [2.45, 2.75) is 56.8 Å². The number of oxime groups is 1. The molecule has 2 aromatic heterocycles. The van der Waals surface area contributed by atoms with Crippen molar-refractivity contribution in [3.8, 4) is 6.07 Å². The zero-order chi connectivity index (χ0) is 35.6. The Balaban J connectivity index is 1.09. The van der Waals surface area contributed by atoms with Gasteiger partial charge in [-0.1, -0.05) is 35.5 Å². The highest BCUT2D eigenvalue weighted by Crippen LogP contribution is 2.46. The number of hydrogen-bond donors (Lipinski definition) is 2. The van der Waals surface area contributed by atoms with E-state index in [1.807, 2.05) is 42.5 Å². The number of benzene rings is 1. The highest BCUT2D eigenvalue weighted by molar-refractivity contribution is 7.16. The van der Waals surface area contributed by atoms with E-state index >= 15 is 0 Å². The highest BCUT2D eigenvalue weighted by Gasteiger charge is 2.45. The largest absolute Gasteiger partial charge is 0.445 e. The molecule has 0 bridgehead atoms. The molecule has 3 saturated heterocycles. The number of nitrogen functional groups attached to an aromatic ring is 1. The second-order valence-electron chi connectivity index (χ2n) is 13.5. The van der Waals surface area contributed by atoms with Gasteiger partial charge in [0.05, 0.1) is 24.2 Å². The number of aryl methyl sites for hydroxylation is 1. The number of nitrogens with two attached hydrogens (primary N) is 2. The molecule has 4 aliphatic rings. The molecule has 3 aromatic rings. The van der Waals surface area contributed by atoms with E-state index in [-0.39, 0.29) is 18.5 Å². The minimum absolute atomic E-state index is 0.0597. The molecule has 3 fully saturated rings. The molecule has 1 atom stereocenters. The summed E-state index contributed by atoms with van der Waals surface area (Å²) < 4.78 is 17.4. The van der Waals surface area contributed by atoms with Crippen LogP contribution in [0.5, 0.6) is 0 Å². The molecule has 1 unspecified atom stereocenters. The van der Waals surface area contributed by atoms with Crippen LogP contribution in [0.2, 0.25) is 0 Å². The van der Waals surface area contributed by atoms with E-state index in [4.69, 9.17) is 35.5 Å². The van der Waals surface area contributed by atoms with Gasteiger partial charge in [-0.25, -0.2) is 14.6 Å². The normalized spacial score (nSPS) is 21.6. The van der Waals surface area contributed by atoms with E-state index in [0.717, 1.165) is 29.0 Å². The topological polar surface area (TPSA) is 182 Å². The minimum Gasteiger partial charge on any atom is -0.445 e. The van der Waals surface area contributed by atoms with Gasteiger partial charge >= 0.3 is 12.1 Å². The summed E-state index contributed by atoms with van der Waals surface area (Å²) in [5.74, 6) is -0.522. The Morgan fingerprint density at radius 3 is 2.47 bits per heavy atom. The highest BCUT2D eigenvalue weighted by atomic mass is 32.1. The molecule has 3 aliphatic heterocycles. The van der Waals surface area contributed by atoms with Crippen LogP contribution in [0.1, 0.15) is 59.9 Å². The lowest BCUT2D eigenvalue weighted by Gasteiger charge is -2.39. The molecule has 1 aromatic carbocycles. The number of nitrogens with zero attached hydrogens (tertiary/aromatic N) is 6. The molecule has 1 amide bonds. The summed E-state index contributed by atoms with van der Waals surface area (Å²) in [4.78, 5) is 43.8. The number of fused-ring (bicyclic) bond motifs is 1. The second kappa shape index (κ2) is 14.4. The van der Waals surface area contributed by atoms with Gasteiger partial charge in [0.1, 0.15) is 29.2 Å². The molecule has 0 saturated carbocycles. The number of nitriles is 1. The van der Waals surface area contributed by atoms with Crippen LogP contribution in [0.15, 0.2) is 47.6 Å². The Kier molecular flexibility index (Phi) is 9.73. The van der Waals surface area contributed by atoms with Crippen molar-refractivity contribution >= 4 is 45.7 Å². The van der Waals surface area contributed by atoms with Crippen molar-refractivity contribution in [2.75, 3.05) is 68.0 Å². The van der Waals surface area contributed by atoms with Crippen LogP contribution in [0.3, 0.4) is 0 Å². The van der Waals surface area contributed by atoms with Gasteiger partial charge < -0.3 is 45.2 Å². The standard InChI is InChI=1S/C36H42N8O6S/c1-35(9-5-8-28-30(35)26(22-37)32(39)51-28)33(45)50-41-31(38)27-20-25(21-29(40-27)43-12-10-36(11-13-43)48-18-19-49-36)42-14-16-44(17-15-42)34(46)47-23-24-6-3-2-4-7-24/h2-4,6-7,20-21H,5,8-19,23,39H2,1H3,(H2,38,41). The smallest absolute Gasteiger partial charge is 0.410 e. The summed E-state index contributed by atoms with van der Waals surface area (Å²) >= 11 is 1.34. The van der Waals surface area contributed by atoms with Gasteiger partial charge in [-0.15, -0.1) is 11.3 Å². The number of piperidine rings is 1. The minimum atomic E-state index is -1.09. The van der Waals surface area contributed by atoms with Gasteiger partial charge in [0.15, 0.2) is 11.6 Å². The molecule has 51 heavy (non-hydrogen) atoms. The molecule has 14 nitrogen and oxygen atoms in total. The van der Waals surface area contributed by atoms with Crippen LogP contribution >= 0.6 is 11.3 Å². The zero-order valence-corrected chi connectivity index (χ0v) is 29.5. The molecule has 4 N–H and O–H groups in total. The lowest BCUT2D eigenvalue weighted by atomic mass is 9.72. The van der Waals surface area contributed by atoms with Gasteiger partial charge in [0, 0.05) is 74.3 Å². The number of hydrogen-bond acceptors (Lipinski definition) is 13. The first kappa shape index (κ1) is 34.5. The van der Waals surface area contributed by atoms with Crippen molar-refractivity contribution in [3.05, 3.63) is 69.7 Å². The summed E-state index contributed by atoms with van der Waals surface area (Å²) in [6, 6.07) is 15.6. The van der Waals surface area contributed by atoms with Crippen molar-refractivity contribution < 1.29 is 28.6 Å². The van der Waals surface area contributed by atoms with E-state index in [9.17, 15) is 14.9 Å². The van der Waals surface area contributed by atoms with Crippen LogP contribution in [0.25, 0.3) is 0 Å². The number of anilines is 3. The first-order valence-corrected chi connectivity index (χ1v) is 18.1. The predicted octanol–water partition coefficient (Wildman–Crippen LogP) is 3.86. The van der Waals surface area contributed by atoms with E-state index in [0.29, 0.717) is 99.4 Å². The maximum absolute atomic E-state index is 13.6. The summed E-state index contributed by atoms with van der Waals surface area (Å²) in [6.07, 6.45) is 3.03. The maximum Gasteiger partial charge on any atom is 0.410 e. The average Bonchev–Trinajstić information content (AvgIpc) is 3.76. The number of ether oxygens (including phenoxy) is 3. The number of carbonyl (C=O) groups is 2. The summed E-state index contributed by atoms with van der Waals surface area (Å²) in [5.41, 5.74) is 14.6. The molecule has 5 heterocycles. The van der Waals surface area contributed by atoms with Crippen LogP contribution in [0.4, 0.5) is 21.3 Å². The van der Waals surface area contributed by atoms with Gasteiger partial charge in [-0.3, -0.25) is 0 Å². The fraction of sp³-hybridized carbons (Fsp3) is 0.472. The fourth-order valence-electron chi connectivity index (χ4n) is 7.34. The molecular weight excluding hydrogens is 673 g/mol. The molecule has 7 rings (SSSR count). The molecule has 1 spiro atoms. The lowest BCUT2D eigenvalue weighted by molar-refractivity contribution is -0.169. The van der Waals surface area contributed by atoms with Gasteiger partial charge in [0.2, 0.25) is 0 Å². The summed E-state index contributed by atoms with van der Waals surface area (Å²) in [5, 5.41) is 14.3. The number of amidine groups is 1. The summed E-state index contributed by atoms with van der Waals surface area (Å²) in [7, 11) is 0. The van der Waals surface area contributed by atoms with Crippen molar-refractivity contribution in [2.24, 2.45) is 10.9 Å². The van der Waals surface area contributed by atoms with E-state index in [1.165, 1.54) is 11.3 Å². The third-order valence-corrected chi connectivity index (χ3v) is 11.3. The fourth-order valence-corrected chi connectivity index (χ4v) is 8.53. The Bertz CT molecular complexity index is 1840. The number of thiophene rings is 1. The Hall–Kier alpha value is -4.91. The van der Waals surface area contributed by atoms with Crippen molar-refractivity contribution in [1.29, 1.82) is 5.26 Å². The Labute approximate surface area is 300 Å². The van der Waals surface area contributed by atoms with E-state index in [1.54, 1.807) is 11.8 Å². The zero-order valence-electron chi connectivity index (χ0n) is 28.6. The number of amides is 1. The number of carbonyl (C=O) groups excluding carboxylic acids is 2. The molecular formula is C36H42N8O6S. The van der Waals surface area contributed by atoms with Gasteiger partial charge in [-0.05, 0) is 37.8 Å². The molecule has 268 valence electrons. The van der Waals surface area contributed by atoms with Crippen LogP contribution in [-0.2, 0) is 42.3 Å². The van der Waals surface area contributed by atoms with E-state index in [2.05, 4.69) is 21.0 Å². The molecule has 1 aliphatic carbocycles. The Morgan fingerprint density at radius 1 is 1.04 bits per heavy atom. The number of aromatic nitrogens is 1. The quantitative estimate of drug-likeness (QED) is 0.156. The summed E-state index contributed by atoms with van der Waals surface area (Å²) in [6.45, 7) is 6.55. The van der Waals surface area contributed by atoms with Crippen LogP contribution < -0.4 is 21.3 Å². The maximum atomic E-state index is 13.6. The molecule has 0 radical (unpaired) electrons. The second-order valence-corrected chi connectivity index (χ2v) is 14.6. The third-order valence-electron chi connectivity index (χ3n) is 10.3. The van der Waals surface area contributed by atoms with E-state index < -0.39 is 17.2 Å². The van der Waals surface area contributed by atoms with Crippen LogP contribution in [-0.4, -0.2) is 86.1 Å². The Morgan fingerprint density at radius 2 is 1.76 bits per heavy atom. The first-order valence-electron chi connectivity index (χ1n) is 17.3. The van der Waals surface area contributed by atoms with Gasteiger partial charge in [-0.2, -0.15) is 5.26 Å².